The Kier molecular flexibility index (Phi) is 3.14. The summed E-state index contributed by atoms with van der Waals surface area (Å²) in [6.07, 6.45) is 6.41. The van der Waals surface area contributed by atoms with Crippen molar-refractivity contribution in [3.63, 3.8) is 0 Å². The third-order valence-corrected chi connectivity index (χ3v) is 3.77. The molecule has 3 heterocycles. The van der Waals surface area contributed by atoms with Crippen LogP contribution in [-0.4, -0.2) is 27.1 Å². The Balaban J connectivity index is 1.91. The van der Waals surface area contributed by atoms with Crippen molar-refractivity contribution in [3.8, 4) is 5.75 Å². The van der Waals surface area contributed by atoms with Gasteiger partial charge < -0.3 is 14.8 Å². The predicted octanol–water partition coefficient (Wildman–Crippen LogP) is 2.38. The summed E-state index contributed by atoms with van der Waals surface area (Å²) < 4.78 is 1.96. The maximum absolute atomic E-state index is 9.47. The number of nitrogens with one attached hydrogen (secondary N) is 1. The zero-order chi connectivity index (χ0) is 12.5. The van der Waals surface area contributed by atoms with Crippen molar-refractivity contribution >= 4 is 17.1 Å². The van der Waals surface area contributed by atoms with E-state index in [2.05, 4.69) is 10.3 Å². The Morgan fingerprint density at radius 2 is 2.39 bits per heavy atom. The van der Waals surface area contributed by atoms with E-state index >= 15 is 0 Å². The molecule has 1 atom stereocenters. The number of hydrogen-bond donors (Lipinski definition) is 2. The lowest BCUT2D eigenvalue weighted by Gasteiger charge is -2.22. The molecule has 1 fully saturated rings. The zero-order valence-corrected chi connectivity index (χ0v) is 10.8. The van der Waals surface area contributed by atoms with Crippen molar-refractivity contribution in [3.05, 3.63) is 29.3 Å². The van der Waals surface area contributed by atoms with Crippen LogP contribution < -0.4 is 5.32 Å². The molecule has 0 amide bonds. The predicted molar refractivity (Wildman–Crippen MR) is 71.2 cm³/mol. The molecule has 0 saturated carbocycles. The summed E-state index contributed by atoms with van der Waals surface area (Å²) in [6.45, 7) is 1.09. The van der Waals surface area contributed by atoms with Crippen LogP contribution in [0.4, 0.5) is 0 Å². The van der Waals surface area contributed by atoms with Crippen molar-refractivity contribution in [1.82, 2.24) is 14.7 Å². The minimum Gasteiger partial charge on any atom is -0.508 e. The van der Waals surface area contributed by atoms with Gasteiger partial charge >= 0.3 is 0 Å². The molecule has 0 bridgehead atoms. The molecule has 0 aliphatic carbocycles. The maximum atomic E-state index is 9.47. The minimum absolute atomic E-state index is 0.214. The number of nitrogens with zero attached hydrogens (tertiary/aromatic N) is 2. The monoisotopic (exact) mass is 265 g/mol. The lowest BCUT2D eigenvalue weighted by atomic mass is 10.0. The van der Waals surface area contributed by atoms with Crippen LogP contribution in [0.1, 0.15) is 25.1 Å². The highest BCUT2D eigenvalue weighted by molar-refractivity contribution is 6.32. The Bertz CT molecular complexity index is 561. The molecule has 3 rings (SSSR count). The van der Waals surface area contributed by atoms with E-state index in [-0.39, 0.29) is 5.75 Å². The van der Waals surface area contributed by atoms with Gasteiger partial charge in [-0.2, -0.15) is 0 Å². The van der Waals surface area contributed by atoms with Gasteiger partial charge in [-0.05, 0) is 25.5 Å². The largest absolute Gasteiger partial charge is 0.508 e. The van der Waals surface area contributed by atoms with Crippen LogP contribution in [0.15, 0.2) is 18.3 Å². The van der Waals surface area contributed by atoms with Crippen molar-refractivity contribution in [2.75, 3.05) is 6.54 Å². The van der Waals surface area contributed by atoms with Gasteiger partial charge in [0, 0.05) is 24.7 Å². The maximum Gasteiger partial charge on any atom is 0.155 e. The first-order valence-electron chi connectivity index (χ1n) is 6.33. The fourth-order valence-corrected chi connectivity index (χ4v) is 2.80. The minimum atomic E-state index is 0.214. The third-order valence-electron chi connectivity index (χ3n) is 3.50. The number of hydrogen-bond acceptors (Lipinski definition) is 3. The highest BCUT2D eigenvalue weighted by atomic mass is 35.5. The van der Waals surface area contributed by atoms with Crippen LogP contribution in [0, 0.1) is 0 Å². The normalized spacial score (nSPS) is 20.4. The number of aromatic hydroxyl groups is 1. The molecule has 1 aliphatic heterocycles. The van der Waals surface area contributed by atoms with Crippen LogP contribution in [0.3, 0.4) is 0 Å². The van der Waals surface area contributed by atoms with Gasteiger partial charge in [0.15, 0.2) is 5.15 Å². The fraction of sp³-hybridized carbons (Fsp3) is 0.462. The van der Waals surface area contributed by atoms with Gasteiger partial charge in [-0.1, -0.05) is 18.0 Å². The molecule has 5 heteroatoms. The van der Waals surface area contributed by atoms with Gasteiger partial charge in [0.1, 0.15) is 11.6 Å². The summed E-state index contributed by atoms with van der Waals surface area (Å²) in [5, 5.41) is 13.4. The summed E-state index contributed by atoms with van der Waals surface area (Å²) in [7, 11) is 0. The van der Waals surface area contributed by atoms with Gasteiger partial charge in [0.2, 0.25) is 0 Å². The second-order valence-electron chi connectivity index (χ2n) is 4.81. The number of halogens is 1. The van der Waals surface area contributed by atoms with Crippen LogP contribution in [-0.2, 0) is 6.42 Å². The topological polar surface area (TPSA) is 49.6 Å². The number of imidazole rings is 1. The van der Waals surface area contributed by atoms with Crippen molar-refractivity contribution < 1.29 is 5.11 Å². The van der Waals surface area contributed by atoms with E-state index in [9.17, 15) is 5.11 Å². The van der Waals surface area contributed by atoms with E-state index in [0.29, 0.717) is 11.2 Å². The lowest BCUT2D eigenvalue weighted by Crippen LogP contribution is -2.36. The lowest BCUT2D eigenvalue weighted by molar-refractivity contribution is 0.394. The van der Waals surface area contributed by atoms with E-state index in [0.717, 1.165) is 24.3 Å². The molecule has 2 aromatic heterocycles. The van der Waals surface area contributed by atoms with E-state index < -0.39 is 0 Å². The Hall–Kier alpha value is -1.26. The first kappa shape index (κ1) is 11.8. The fourth-order valence-electron chi connectivity index (χ4n) is 2.56. The molecule has 2 N–H and O–H groups in total. The standard InChI is InChI=1S/C13H16ClN3O/c14-13-11-8-10(18)4-6-17(11)12(16-13)7-9-3-1-2-5-15-9/h4,6,8-9,15,18H,1-3,5,7H2. The first-order chi connectivity index (χ1) is 8.74. The number of fused-ring (bicyclic) bond motifs is 1. The molecule has 96 valence electrons. The van der Waals surface area contributed by atoms with Crippen molar-refractivity contribution in [2.45, 2.75) is 31.7 Å². The molecule has 1 saturated heterocycles. The summed E-state index contributed by atoms with van der Waals surface area (Å²) in [5.74, 6) is 1.17. The number of pyridine rings is 1. The second kappa shape index (κ2) is 4.78. The van der Waals surface area contributed by atoms with Crippen LogP contribution >= 0.6 is 11.6 Å². The first-order valence-corrected chi connectivity index (χ1v) is 6.70. The average Bonchev–Trinajstić information content (AvgIpc) is 2.67. The quantitative estimate of drug-likeness (QED) is 0.877. The summed E-state index contributed by atoms with van der Waals surface area (Å²) in [6, 6.07) is 3.78. The summed E-state index contributed by atoms with van der Waals surface area (Å²) >= 11 is 6.10. The van der Waals surface area contributed by atoms with Crippen molar-refractivity contribution in [1.29, 1.82) is 0 Å². The third kappa shape index (κ3) is 2.18. The number of piperidine rings is 1. The van der Waals surface area contributed by atoms with Gasteiger partial charge in [0.25, 0.3) is 0 Å². The number of aromatic nitrogens is 2. The van der Waals surface area contributed by atoms with E-state index in [1.165, 1.54) is 19.3 Å². The molecule has 18 heavy (non-hydrogen) atoms. The summed E-state index contributed by atoms with van der Waals surface area (Å²) in [5.41, 5.74) is 0.766. The Labute approximate surface area is 111 Å². The smallest absolute Gasteiger partial charge is 0.155 e. The second-order valence-corrected chi connectivity index (χ2v) is 5.17. The Morgan fingerprint density at radius 1 is 1.50 bits per heavy atom. The molecular weight excluding hydrogens is 250 g/mol. The van der Waals surface area contributed by atoms with Gasteiger partial charge in [-0.15, -0.1) is 0 Å². The average molecular weight is 266 g/mol. The molecule has 4 nitrogen and oxygen atoms in total. The van der Waals surface area contributed by atoms with Crippen LogP contribution in [0.25, 0.3) is 5.52 Å². The van der Waals surface area contributed by atoms with E-state index in [1.807, 2.05) is 10.6 Å². The van der Waals surface area contributed by atoms with Gasteiger partial charge in [0.05, 0.1) is 5.52 Å². The molecule has 1 unspecified atom stereocenters. The van der Waals surface area contributed by atoms with Crippen LogP contribution in [0.5, 0.6) is 5.75 Å². The van der Waals surface area contributed by atoms with Gasteiger partial charge in [-0.25, -0.2) is 4.98 Å². The highest BCUT2D eigenvalue weighted by Crippen LogP contribution is 2.23. The van der Waals surface area contributed by atoms with Gasteiger partial charge in [-0.3, -0.25) is 0 Å². The SMILES string of the molecule is Oc1ccn2c(CC3CCCCN3)nc(Cl)c2c1. The van der Waals surface area contributed by atoms with E-state index in [1.54, 1.807) is 12.1 Å². The molecule has 1 aliphatic rings. The number of rotatable bonds is 2. The molecular formula is C13H16ClN3O. The molecule has 0 spiro atoms. The Morgan fingerprint density at radius 3 is 3.17 bits per heavy atom. The molecule has 2 aromatic rings. The highest BCUT2D eigenvalue weighted by Gasteiger charge is 2.17. The zero-order valence-electron chi connectivity index (χ0n) is 10.1. The van der Waals surface area contributed by atoms with Crippen LogP contribution in [0.2, 0.25) is 5.15 Å². The van der Waals surface area contributed by atoms with E-state index in [4.69, 9.17) is 11.6 Å². The molecule has 0 radical (unpaired) electrons. The summed E-state index contributed by atoms with van der Waals surface area (Å²) in [4.78, 5) is 4.40. The molecule has 0 aromatic carbocycles. The van der Waals surface area contributed by atoms with Crippen molar-refractivity contribution in [2.24, 2.45) is 0 Å².